The molecule has 0 atom stereocenters. The lowest BCUT2D eigenvalue weighted by Crippen LogP contribution is -2.62. The van der Waals surface area contributed by atoms with Crippen molar-refractivity contribution in [1.29, 1.82) is 0 Å². The van der Waals surface area contributed by atoms with Gasteiger partial charge in [0.2, 0.25) is 5.91 Å². The molecule has 0 aromatic carbocycles. The fourth-order valence-electron chi connectivity index (χ4n) is 2.73. The number of hydrogen-bond acceptors (Lipinski definition) is 2. The lowest BCUT2D eigenvalue weighted by atomic mass is 9.77. The lowest BCUT2D eigenvalue weighted by Gasteiger charge is -2.53. The van der Waals surface area contributed by atoms with Gasteiger partial charge in [-0.15, -0.1) is 0 Å². The summed E-state index contributed by atoms with van der Waals surface area (Å²) in [6.45, 7) is 12.4. The molecule has 1 fully saturated rings. The Morgan fingerprint density at radius 3 is 2.12 bits per heavy atom. The van der Waals surface area contributed by atoms with Crippen molar-refractivity contribution in [2.75, 3.05) is 7.05 Å². The second kappa shape index (κ2) is 4.21. The molecule has 3 nitrogen and oxygen atoms in total. The van der Waals surface area contributed by atoms with Crippen LogP contribution < -0.4 is 5.32 Å². The van der Waals surface area contributed by atoms with E-state index < -0.39 is 0 Å². The highest BCUT2D eigenvalue weighted by atomic mass is 16.1. The van der Waals surface area contributed by atoms with Gasteiger partial charge in [0.25, 0.3) is 0 Å². The second-order valence-electron chi connectivity index (χ2n) is 6.00. The standard InChI is InChI=1S/C13H24N2O/c1-7-11(16)14-10-8-12(2,3)15(6)13(4,5)9-10/h7,10H,1,8-9H2,2-6H3,(H,14,16). The Morgan fingerprint density at radius 2 is 1.75 bits per heavy atom. The SMILES string of the molecule is C=CC(=O)NC1CC(C)(C)N(C)C(C)(C)C1. The zero-order valence-corrected chi connectivity index (χ0v) is 11.1. The zero-order valence-electron chi connectivity index (χ0n) is 11.1. The zero-order chi connectivity index (χ0) is 12.6. The average Bonchev–Trinajstić information content (AvgIpc) is 2.13. The van der Waals surface area contributed by atoms with Gasteiger partial charge in [-0.3, -0.25) is 9.69 Å². The van der Waals surface area contributed by atoms with Crippen molar-refractivity contribution >= 4 is 5.91 Å². The Bertz CT molecular complexity index is 276. The minimum atomic E-state index is -0.0684. The summed E-state index contributed by atoms with van der Waals surface area (Å²) in [6.07, 6.45) is 3.30. The summed E-state index contributed by atoms with van der Waals surface area (Å²) < 4.78 is 0. The molecule has 0 unspecified atom stereocenters. The molecule has 1 aliphatic rings. The molecule has 0 aliphatic carbocycles. The van der Waals surface area contributed by atoms with Crippen LogP contribution in [0.25, 0.3) is 0 Å². The Balaban J connectivity index is 2.78. The van der Waals surface area contributed by atoms with Crippen LogP contribution in [0.2, 0.25) is 0 Å². The maximum absolute atomic E-state index is 11.3. The van der Waals surface area contributed by atoms with Gasteiger partial charge in [0.05, 0.1) is 0 Å². The van der Waals surface area contributed by atoms with Crippen molar-refractivity contribution in [2.45, 2.75) is 57.7 Å². The number of hydrogen-bond donors (Lipinski definition) is 1. The van der Waals surface area contributed by atoms with Crippen LogP contribution in [-0.4, -0.2) is 35.0 Å². The Hall–Kier alpha value is -0.830. The molecule has 0 saturated carbocycles. The van der Waals surface area contributed by atoms with Crippen LogP contribution >= 0.6 is 0 Å². The predicted molar refractivity (Wildman–Crippen MR) is 67.3 cm³/mol. The average molecular weight is 224 g/mol. The maximum atomic E-state index is 11.3. The van der Waals surface area contributed by atoms with Gasteiger partial charge in [-0.25, -0.2) is 0 Å². The largest absolute Gasteiger partial charge is 0.350 e. The third-order valence-electron chi connectivity index (χ3n) is 3.84. The minimum absolute atomic E-state index is 0.0684. The van der Waals surface area contributed by atoms with Crippen LogP contribution in [0.1, 0.15) is 40.5 Å². The summed E-state index contributed by atoms with van der Waals surface area (Å²) >= 11 is 0. The second-order valence-corrected chi connectivity index (χ2v) is 6.00. The van der Waals surface area contributed by atoms with Crippen LogP contribution in [-0.2, 0) is 4.79 Å². The summed E-state index contributed by atoms with van der Waals surface area (Å²) in [4.78, 5) is 13.7. The van der Waals surface area contributed by atoms with E-state index in [0.717, 1.165) is 12.8 Å². The third kappa shape index (κ3) is 2.64. The van der Waals surface area contributed by atoms with Gasteiger partial charge in [0.15, 0.2) is 0 Å². The van der Waals surface area contributed by atoms with Gasteiger partial charge in [-0.05, 0) is 53.7 Å². The van der Waals surface area contributed by atoms with Gasteiger partial charge in [-0.1, -0.05) is 6.58 Å². The predicted octanol–water partition coefficient (Wildman–Crippen LogP) is 1.94. The molecule has 0 spiro atoms. The molecule has 0 aromatic rings. The number of amides is 1. The summed E-state index contributed by atoms with van der Waals surface area (Å²) in [5.74, 6) is -0.0684. The van der Waals surface area contributed by atoms with Gasteiger partial charge >= 0.3 is 0 Å². The molecule has 92 valence electrons. The molecular weight excluding hydrogens is 200 g/mol. The van der Waals surface area contributed by atoms with E-state index in [9.17, 15) is 4.79 Å². The molecule has 1 saturated heterocycles. The van der Waals surface area contributed by atoms with Crippen molar-refractivity contribution in [3.8, 4) is 0 Å². The highest BCUT2D eigenvalue weighted by Crippen LogP contribution is 2.36. The first kappa shape index (κ1) is 13.2. The monoisotopic (exact) mass is 224 g/mol. The highest BCUT2D eigenvalue weighted by Gasteiger charge is 2.43. The van der Waals surface area contributed by atoms with Gasteiger partial charge in [-0.2, -0.15) is 0 Å². The van der Waals surface area contributed by atoms with Crippen molar-refractivity contribution in [3.05, 3.63) is 12.7 Å². The van der Waals surface area contributed by atoms with E-state index in [1.54, 1.807) is 0 Å². The van der Waals surface area contributed by atoms with Gasteiger partial charge < -0.3 is 5.32 Å². The molecule has 0 radical (unpaired) electrons. The number of rotatable bonds is 2. The summed E-state index contributed by atoms with van der Waals surface area (Å²) in [7, 11) is 2.16. The first-order valence-corrected chi connectivity index (χ1v) is 5.86. The van der Waals surface area contributed by atoms with Crippen molar-refractivity contribution in [1.82, 2.24) is 10.2 Å². The van der Waals surface area contributed by atoms with Crippen LogP contribution in [0.15, 0.2) is 12.7 Å². The van der Waals surface area contributed by atoms with E-state index >= 15 is 0 Å². The number of piperidine rings is 1. The fraction of sp³-hybridized carbons (Fsp3) is 0.769. The fourth-order valence-corrected chi connectivity index (χ4v) is 2.73. The first-order valence-electron chi connectivity index (χ1n) is 5.86. The van der Waals surface area contributed by atoms with Gasteiger partial charge in [0, 0.05) is 17.1 Å². The highest BCUT2D eigenvalue weighted by molar-refractivity contribution is 5.87. The summed E-state index contributed by atoms with van der Waals surface area (Å²) in [5.41, 5.74) is 0.224. The van der Waals surface area contributed by atoms with Crippen LogP contribution in [0.5, 0.6) is 0 Å². The maximum Gasteiger partial charge on any atom is 0.243 e. The molecule has 16 heavy (non-hydrogen) atoms. The molecule has 1 rings (SSSR count). The topological polar surface area (TPSA) is 32.3 Å². The van der Waals surface area contributed by atoms with E-state index in [4.69, 9.17) is 0 Å². The van der Waals surface area contributed by atoms with E-state index in [2.05, 4.69) is 51.5 Å². The summed E-state index contributed by atoms with van der Waals surface area (Å²) in [6, 6.07) is 0.242. The molecule has 0 aromatic heterocycles. The Kier molecular flexibility index (Phi) is 3.48. The van der Waals surface area contributed by atoms with E-state index in [1.807, 2.05) is 0 Å². The third-order valence-corrected chi connectivity index (χ3v) is 3.84. The molecule has 3 heteroatoms. The van der Waals surface area contributed by atoms with Crippen molar-refractivity contribution in [3.63, 3.8) is 0 Å². The Labute approximate surface area is 98.9 Å². The smallest absolute Gasteiger partial charge is 0.243 e. The number of carbonyl (C=O) groups excluding carboxylic acids is 1. The van der Waals surface area contributed by atoms with Crippen molar-refractivity contribution < 1.29 is 4.79 Å². The van der Waals surface area contributed by atoms with Crippen LogP contribution in [0.3, 0.4) is 0 Å². The van der Waals surface area contributed by atoms with Crippen LogP contribution in [0.4, 0.5) is 0 Å². The minimum Gasteiger partial charge on any atom is -0.350 e. The molecule has 1 N–H and O–H groups in total. The van der Waals surface area contributed by atoms with E-state index in [1.165, 1.54) is 6.08 Å². The first-order chi connectivity index (χ1) is 7.19. The molecule has 0 bridgehead atoms. The Morgan fingerprint density at radius 1 is 1.31 bits per heavy atom. The van der Waals surface area contributed by atoms with E-state index in [-0.39, 0.29) is 23.0 Å². The van der Waals surface area contributed by atoms with Crippen LogP contribution in [0, 0.1) is 0 Å². The molecule has 1 heterocycles. The quantitative estimate of drug-likeness (QED) is 0.727. The number of nitrogens with one attached hydrogen (secondary N) is 1. The van der Waals surface area contributed by atoms with E-state index in [0.29, 0.717) is 0 Å². The molecule has 1 amide bonds. The summed E-state index contributed by atoms with van der Waals surface area (Å²) in [5, 5.41) is 3.02. The lowest BCUT2D eigenvalue weighted by molar-refractivity contribution is -0.118. The molecular formula is C13H24N2O. The van der Waals surface area contributed by atoms with Gasteiger partial charge in [0.1, 0.15) is 0 Å². The normalized spacial score (nSPS) is 25.1. The number of likely N-dealkylation sites (tertiary alicyclic amines) is 1. The van der Waals surface area contributed by atoms with Crippen molar-refractivity contribution in [2.24, 2.45) is 0 Å². The number of carbonyl (C=O) groups is 1. The molecule has 1 aliphatic heterocycles. The number of nitrogens with zero attached hydrogens (tertiary/aromatic N) is 1.